The number of hydrogen-bond donors (Lipinski definition) is 1. The van der Waals surface area contributed by atoms with E-state index in [0.717, 1.165) is 24.2 Å². The molecule has 1 N–H and O–H groups in total. The highest BCUT2D eigenvalue weighted by atomic mass is 32.2. The number of carbonyl (C=O) groups is 1. The highest BCUT2D eigenvalue weighted by Gasteiger charge is 2.31. The second-order valence-corrected chi connectivity index (χ2v) is 7.65. The summed E-state index contributed by atoms with van der Waals surface area (Å²) >= 11 is 0.925. The van der Waals surface area contributed by atoms with Gasteiger partial charge in [-0.1, -0.05) is 19.8 Å². The molecule has 1 aromatic rings. The lowest BCUT2D eigenvalue weighted by molar-refractivity contribution is 0.0590. The zero-order valence-corrected chi connectivity index (χ0v) is 13.1. The quantitative estimate of drug-likeness (QED) is 0.775. The van der Waals surface area contributed by atoms with Gasteiger partial charge in [-0.2, -0.15) is 0 Å². The van der Waals surface area contributed by atoms with Crippen LogP contribution in [-0.4, -0.2) is 32.5 Å². The molecule has 0 amide bonds. The summed E-state index contributed by atoms with van der Waals surface area (Å²) in [6.45, 7) is 1.95. The highest BCUT2D eigenvalue weighted by molar-refractivity contribution is 7.91. The lowest BCUT2D eigenvalue weighted by Gasteiger charge is -2.16. The van der Waals surface area contributed by atoms with E-state index in [1.807, 2.05) is 6.92 Å². The number of sulfonamides is 1. The molecule has 1 fully saturated rings. The maximum Gasteiger partial charge on any atom is 0.358 e. The van der Waals surface area contributed by atoms with Gasteiger partial charge < -0.3 is 4.74 Å². The second kappa shape index (κ2) is 6.19. The number of aromatic nitrogens is 1. The number of thiazole rings is 1. The van der Waals surface area contributed by atoms with Crippen LogP contribution in [0.15, 0.2) is 9.72 Å². The Morgan fingerprint density at radius 3 is 2.85 bits per heavy atom. The Balaban J connectivity index is 2.16. The van der Waals surface area contributed by atoms with Crippen LogP contribution in [0.4, 0.5) is 0 Å². The van der Waals surface area contributed by atoms with Crippen molar-refractivity contribution < 1.29 is 17.9 Å². The van der Waals surface area contributed by atoms with Gasteiger partial charge in [0.15, 0.2) is 9.90 Å². The monoisotopic (exact) mass is 318 g/mol. The number of hydrogen-bond acceptors (Lipinski definition) is 6. The van der Waals surface area contributed by atoms with E-state index in [9.17, 15) is 13.2 Å². The van der Waals surface area contributed by atoms with Crippen LogP contribution in [0, 0.1) is 5.92 Å². The molecular weight excluding hydrogens is 300 g/mol. The summed E-state index contributed by atoms with van der Waals surface area (Å²) < 4.78 is 31.9. The number of rotatable bonds is 7. The number of esters is 1. The Morgan fingerprint density at radius 1 is 1.60 bits per heavy atom. The van der Waals surface area contributed by atoms with Crippen LogP contribution in [0.25, 0.3) is 0 Å². The van der Waals surface area contributed by atoms with Crippen LogP contribution in [0.1, 0.15) is 43.1 Å². The fraction of sp³-hybridized carbons (Fsp3) is 0.667. The predicted octanol–water partition coefficient (Wildman–Crippen LogP) is 1.79. The SMILES string of the molecule is CCC(CC1CC1)NS(=O)(=O)c1scnc1C(=O)OC. The van der Waals surface area contributed by atoms with Gasteiger partial charge in [-0.05, 0) is 18.8 Å². The first-order chi connectivity index (χ1) is 9.47. The first-order valence-electron chi connectivity index (χ1n) is 6.52. The normalized spacial score (nSPS) is 16.9. The van der Waals surface area contributed by atoms with Crippen LogP contribution in [0.5, 0.6) is 0 Å². The molecule has 112 valence electrons. The van der Waals surface area contributed by atoms with Crippen LogP contribution < -0.4 is 4.72 Å². The zero-order chi connectivity index (χ0) is 14.8. The Labute approximate surface area is 122 Å². The molecule has 0 bridgehead atoms. The van der Waals surface area contributed by atoms with Gasteiger partial charge >= 0.3 is 5.97 Å². The third-order valence-electron chi connectivity index (χ3n) is 3.29. The molecule has 0 spiro atoms. The molecule has 1 heterocycles. The molecule has 20 heavy (non-hydrogen) atoms. The number of methoxy groups -OCH3 is 1. The van der Waals surface area contributed by atoms with E-state index in [2.05, 4.69) is 14.4 Å². The topological polar surface area (TPSA) is 85.4 Å². The van der Waals surface area contributed by atoms with Gasteiger partial charge in [0.2, 0.25) is 0 Å². The number of carbonyl (C=O) groups excluding carboxylic acids is 1. The molecule has 2 rings (SSSR count). The standard InChI is InChI=1S/C12H18N2O4S2/c1-3-9(6-8-4-5-8)14-20(16,17)12-10(11(15)18-2)13-7-19-12/h7-9,14H,3-6H2,1-2H3. The van der Waals surface area contributed by atoms with Gasteiger partial charge in [-0.3, -0.25) is 0 Å². The summed E-state index contributed by atoms with van der Waals surface area (Å²) in [7, 11) is -2.52. The van der Waals surface area contributed by atoms with Crippen molar-refractivity contribution in [1.29, 1.82) is 0 Å². The van der Waals surface area contributed by atoms with E-state index in [1.54, 1.807) is 0 Å². The smallest absolute Gasteiger partial charge is 0.358 e. The molecule has 6 nitrogen and oxygen atoms in total. The largest absolute Gasteiger partial charge is 0.464 e. The molecule has 1 unspecified atom stereocenters. The lowest BCUT2D eigenvalue weighted by atomic mass is 10.1. The van der Waals surface area contributed by atoms with Crippen molar-refractivity contribution in [3.63, 3.8) is 0 Å². The van der Waals surface area contributed by atoms with Gasteiger partial charge in [0, 0.05) is 6.04 Å². The summed E-state index contributed by atoms with van der Waals surface area (Å²) in [6, 6.07) is -0.0971. The van der Waals surface area contributed by atoms with E-state index < -0.39 is 16.0 Å². The van der Waals surface area contributed by atoms with Crippen molar-refractivity contribution in [2.24, 2.45) is 5.92 Å². The van der Waals surface area contributed by atoms with Crippen LogP contribution in [0.2, 0.25) is 0 Å². The Hall–Kier alpha value is -0.990. The number of nitrogens with one attached hydrogen (secondary N) is 1. The summed E-state index contributed by atoms with van der Waals surface area (Å²) in [5.74, 6) is -0.106. The van der Waals surface area contributed by atoms with Crippen LogP contribution in [-0.2, 0) is 14.8 Å². The van der Waals surface area contributed by atoms with Crippen molar-refractivity contribution in [3.05, 3.63) is 11.2 Å². The van der Waals surface area contributed by atoms with Gasteiger partial charge in [0.25, 0.3) is 10.0 Å². The average Bonchev–Trinajstić information content (AvgIpc) is 3.08. The molecule has 1 atom stereocenters. The summed E-state index contributed by atoms with van der Waals surface area (Å²) in [6.07, 6.45) is 3.92. The van der Waals surface area contributed by atoms with Gasteiger partial charge in [-0.25, -0.2) is 22.9 Å². The summed E-state index contributed by atoms with van der Waals surface area (Å²) in [5, 5.41) is 0. The predicted molar refractivity (Wildman–Crippen MR) is 75.2 cm³/mol. The molecular formula is C12H18N2O4S2. The Bertz CT molecular complexity index is 578. The maximum atomic E-state index is 12.4. The van der Waals surface area contributed by atoms with Crippen LogP contribution in [0.3, 0.4) is 0 Å². The molecule has 0 saturated heterocycles. The van der Waals surface area contributed by atoms with Gasteiger partial charge in [-0.15, -0.1) is 11.3 Å². The Kier molecular flexibility index (Phi) is 4.77. The minimum Gasteiger partial charge on any atom is -0.464 e. The first-order valence-corrected chi connectivity index (χ1v) is 8.88. The Morgan fingerprint density at radius 2 is 2.30 bits per heavy atom. The highest BCUT2D eigenvalue weighted by Crippen LogP contribution is 2.34. The fourth-order valence-electron chi connectivity index (χ4n) is 1.99. The van der Waals surface area contributed by atoms with Gasteiger partial charge in [0.05, 0.1) is 12.6 Å². The zero-order valence-electron chi connectivity index (χ0n) is 11.5. The maximum absolute atomic E-state index is 12.4. The van der Waals surface area contributed by atoms with E-state index in [-0.39, 0.29) is 15.9 Å². The van der Waals surface area contributed by atoms with E-state index >= 15 is 0 Å². The van der Waals surface area contributed by atoms with Crippen molar-refractivity contribution in [2.45, 2.75) is 42.9 Å². The van der Waals surface area contributed by atoms with E-state index in [1.165, 1.54) is 25.5 Å². The van der Waals surface area contributed by atoms with E-state index in [4.69, 9.17) is 0 Å². The molecule has 1 aromatic heterocycles. The van der Waals surface area contributed by atoms with Crippen LogP contribution >= 0.6 is 11.3 Å². The minimum absolute atomic E-state index is 0.0707. The van der Waals surface area contributed by atoms with Crippen molar-refractivity contribution in [3.8, 4) is 0 Å². The molecule has 8 heteroatoms. The first kappa shape index (κ1) is 15.4. The fourth-order valence-corrected chi connectivity index (χ4v) is 4.47. The average molecular weight is 318 g/mol. The van der Waals surface area contributed by atoms with Crippen molar-refractivity contribution in [1.82, 2.24) is 9.71 Å². The summed E-state index contributed by atoms with van der Waals surface area (Å²) in [5.41, 5.74) is 1.19. The van der Waals surface area contributed by atoms with Crippen molar-refractivity contribution >= 4 is 27.3 Å². The molecule has 0 radical (unpaired) electrons. The molecule has 1 aliphatic carbocycles. The molecule has 0 aromatic carbocycles. The second-order valence-electron chi connectivity index (χ2n) is 4.89. The lowest BCUT2D eigenvalue weighted by Crippen LogP contribution is -2.35. The molecule has 0 aliphatic heterocycles. The third kappa shape index (κ3) is 3.56. The molecule has 1 aliphatic rings. The van der Waals surface area contributed by atoms with Gasteiger partial charge in [0.1, 0.15) is 0 Å². The van der Waals surface area contributed by atoms with Crippen molar-refractivity contribution in [2.75, 3.05) is 7.11 Å². The minimum atomic E-state index is -3.73. The number of ether oxygens (including phenoxy) is 1. The molecule has 1 saturated carbocycles. The number of nitrogens with zero attached hydrogens (tertiary/aromatic N) is 1. The third-order valence-corrected chi connectivity index (χ3v) is 6.18. The van der Waals surface area contributed by atoms with E-state index in [0.29, 0.717) is 5.92 Å². The summed E-state index contributed by atoms with van der Waals surface area (Å²) in [4.78, 5) is 15.3.